The number of aliphatic imine (C=N–C) groups is 1. The molecule has 1 aromatic rings. The third-order valence-corrected chi connectivity index (χ3v) is 2.90. The third-order valence-electron chi connectivity index (χ3n) is 2.81. The Balaban J connectivity index is 1.96. The minimum Gasteiger partial charge on any atom is -0.348 e. The molecule has 0 N–H and O–H groups in total. The third kappa shape index (κ3) is 3.34. The molecule has 94 valence electrons. The molecule has 1 aliphatic heterocycles. The predicted octanol–water partition coefficient (Wildman–Crippen LogP) is 3.66. The zero-order valence-corrected chi connectivity index (χ0v) is 10.9. The van der Waals surface area contributed by atoms with Gasteiger partial charge in [0.2, 0.25) is 0 Å². The Morgan fingerprint density at radius 1 is 1.33 bits per heavy atom. The van der Waals surface area contributed by atoms with E-state index in [4.69, 9.17) is 9.47 Å². The van der Waals surface area contributed by atoms with Crippen molar-refractivity contribution in [3.05, 3.63) is 42.5 Å². The molecule has 1 saturated heterocycles. The van der Waals surface area contributed by atoms with E-state index in [1.54, 1.807) is 0 Å². The Kier molecular flexibility index (Phi) is 4.79. The van der Waals surface area contributed by atoms with Gasteiger partial charge in [-0.2, -0.15) is 4.99 Å². The molecule has 3 nitrogen and oxygen atoms in total. The van der Waals surface area contributed by atoms with E-state index in [0.29, 0.717) is 19.1 Å². The fourth-order valence-corrected chi connectivity index (χ4v) is 1.97. The molecule has 0 aliphatic carbocycles. The number of ether oxygens (including phenoxy) is 2. The Hall–Kier alpha value is -1.32. The molecule has 2 rings (SSSR count). The van der Waals surface area contributed by atoms with E-state index >= 15 is 0 Å². The molecule has 0 bridgehead atoms. The average molecular weight is 261 g/mol. The number of isothiocyanates is 1. The number of hydrogen-bond donors (Lipinski definition) is 0. The molecule has 0 radical (unpaired) electrons. The van der Waals surface area contributed by atoms with E-state index in [-0.39, 0.29) is 6.29 Å². The van der Waals surface area contributed by atoms with Gasteiger partial charge in [0.1, 0.15) is 0 Å². The molecule has 1 heterocycles. The Labute approximate surface area is 112 Å². The van der Waals surface area contributed by atoms with Crippen LogP contribution < -0.4 is 0 Å². The lowest BCUT2D eigenvalue weighted by atomic mass is 10.1. The van der Waals surface area contributed by atoms with Crippen LogP contribution in [0.4, 0.5) is 5.69 Å². The van der Waals surface area contributed by atoms with Gasteiger partial charge in [0.15, 0.2) is 6.29 Å². The minimum absolute atomic E-state index is 0.281. The first-order valence-electron chi connectivity index (χ1n) is 5.85. The second-order valence-corrected chi connectivity index (χ2v) is 4.37. The summed E-state index contributed by atoms with van der Waals surface area (Å²) in [6.45, 7) is 5.13. The number of allylic oxidation sites excluding steroid dienone is 1. The summed E-state index contributed by atoms with van der Waals surface area (Å²) in [5, 5.41) is 2.34. The van der Waals surface area contributed by atoms with Gasteiger partial charge in [-0.25, -0.2) is 0 Å². The molecule has 0 unspecified atom stereocenters. The summed E-state index contributed by atoms with van der Waals surface area (Å²) in [4.78, 5) is 3.90. The lowest BCUT2D eigenvalue weighted by Crippen LogP contribution is -2.26. The summed E-state index contributed by atoms with van der Waals surface area (Å²) in [6, 6.07) is 7.61. The number of nitrogens with zero attached hydrogens (tertiary/aromatic N) is 1. The van der Waals surface area contributed by atoms with Crippen LogP contribution in [-0.4, -0.2) is 18.4 Å². The van der Waals surface area contributed by atoms with Crippen LogP contribution in [0.15, 0.2) is 41.9 Å². The highest BCUT2D eigenvalue weighted by molar-refractivity contribution is 7.78. The fraction of sp³-hybridized carbons (Fsp3) is 0.357. The maximum atomic E-state index is 5.69. The summed E-state index contributed by atoms with van der Waals surface area (Å²) < 4.78 is 11.4. The van der Waals surface area contributed by atoms with Crippen molar-refractivity contribution in [3.63, 3.8) is 0 Å². The van der Waals surface area contributed by atoms with Gasteiger partial charge in [0, 0.05) is 11.5 Å². The van der Waals surface area contributed by atoms with E-state index in [1.165, 1.54) is 0 Å². The molecule has 0 spiro atoms. The van der Waals surface area contributed by atoms with Crippen molar-refractivity contribution in [2.45, 2.75) is 12.7 Å². The van der Waals surface area contributed by atoms with Crippen LogP contribution in [0.1, 0.15) is 18.3 Å². The molecule has 0 amide bonds. The number of hydrogen-bond acceptors (Lipinski definition) is 4. The number of thiocarbonyl (C=S) groups is 1. The Morgan fingerprint density at radius 2 is 2.00 bits per heavy atom. The van der Waals surface area contributed by atoms with Crippen LogP contribution in [0.3, 0.4) is 0 Å². The summed E-state index contributed by atoms with van der Waals surface area (Å²) in [6.07, 6.45) is 2.54. The zero-order valence-electron chi connectivity index (χ0n) is 10.0. The monoisotopic (exact) mass is 261 g/mol. The molecule has 1 fully saturated rings. The molecule has 18 heavy (non-hydrogen) atoms. The Morgan fingerprint density at radius 3 is 2.56 bits per heavy atom. The Bertz CT molecular complexity index is 443. The van der Waals surface area contributed by atoms with Gasteiger partial charge in [-0.05, 0) is 30.8 Å². The zero-order chi connectivity index (χ0) is 12.8. The number of rotatable bonds is 4. The molecule has 1 aromatic carbocycles. The van der Waals surface area contributed by atoms with Gasteiger partial charge in [-0.15, -0.1) is 6.58 Å². The second-order valence-electron chi connectivity index (χ2n) is 4.18. The van der Waals surface area contributed by atoms with Crippen molar-refractivity contribution in [2.75, 3.05) is 13.2 Å². The summed E-state index contributed by atoms with van der Waals surface area (Å²) in [5.74, 6) is 0.414. The fourth-order valence-electron chi connectivity index (χ4n) is 1.87. The van der Waals surface area contributed by atoms with E-state index in [0.717, 1.165) is 17.7 Å². The van der Waals surface area contributed by atoms with Crippen LogP contribution >= 0.6 is 12.2 Å². The van der Waals surface area contributed by atoms with Gasteiger partial charge in [-0.3, -0.25) is 0 Å². The highest BCUT2D eigenvalue weighted by Crippen LogP contribution is 2.27. The maximum Gasteiger partial charge on any atom is 0.183 e. The van der Waals surface area contributed by atoms with Crippen LogP contribution in [0.25, 0.3) is 0 Å². The highest BCUT2D eigenvalue weighted by Gasteiger charge is 2.22. The largest absolute Gasteiger partial charge is 0.348 e. The SMILES string of the molecule is C=CCC1COC(c2ccc(N=C=S)cc2)OC1. The van der Waals surface area contributed by atoms with Gasteiger partial charge >= 0.3 is 0 Å². The van der Waals surface area contributed by atoms with Gasteiger partial charge < -0.3 is 9.47 Å². The molecule has 4 heteroatoms. The smallest absolute Gasteiger partial charge is 0.183 e. The molecular weight excluding hydrogens is 246 g/mol. The van der Waals surface area contributed by atoms with Crippen molar-refractivity contribution >= 4 is 23.1 Å². The minimum atomic E-state index is -0.281. The summed E-state index contributed by atoms with van der Waals surface area (Å²) in [7, 11) is 0. The van der Waals surface area contributed by atoms with Gasteiger partial charge in [0.05, 0.1) is 24.1 Å². The van der Waals surface area contributed by atoms with Gasteiger partial charge in [0.25, 0.3) is 0 Å². The lowest BCUT2D eigenvalue weighted by molar-refractivity contribution is -0.204. The molecule has 0 aromatic heterocycles. The first-order valence-corrected chi connectivity index (χ1v) is 6.26. The number of benzene rings is 1. The van der Waals surface area contributed by atoms with Crippen LogP contribution in [0.5, 0.6) is 0 Å². The molecule has 0 atom stereocenters. The highest BCUT2D eigenvalue weighted by atomic mass is 32.1. The lowest BCUT2D eigenvalue weighted by Gasteiger charge is -2.29. The molecular formula is C14H15NO2S. The first kappa shape index (κ1) is 13.1. The predicted molar refractivity (Wildman–Crippen MR) is 74.1 cm³/mol. The molecule has 1 aliphatic rings. The maximum absolute atomic E-state index is 5.69. The average Bonchev–Trinajstić information content (AvgIpc) is 2.41. The second kappa shape index (κ2) is 6.57. The normalized spacial score (nSPS) is 23.1. The summed E-state index contributed by atoms with van der Waals surface area (Å²) in [5.41, 5.74) is 1.78. The van der Waals surface area contributed by atoms with Crippen molar-refractivity contribution in [1.82, 2.24) is 0 Å². The van der Waals surface area contributed by atoms with Crippen molar-refractivity contribution < 1.29 is 9.47 Å². The molecule has 0 saturated carbocycles. The van der Waals surface area contributed by atoms with Crippen molar-refractivity contribution in [2.24, 2.45) is 10.9 Å². The van der Waals surface area contributed by atoms with Crippen LogP contribution in [0, 0.1) is 5.92 Å². The van der Waals surface area contributed by atoms with Crippen molar-refractivity contribution in [3.8, 4) is 0 Å². The van der Waals surface area contributed by atoms with Gasteiger partial charge in [-0.1, -0.05) is 18.2 Å². The summed E-state index contributed by atoms with van der Waals surface area (Å²) >= 11 is 4.56. The van der Waals surface area contributed by atoms with E-state index in [2.05, 4.69) is 29.0 Å². The van der Waals surface area contributed by atoms with E-state index in [1.807, 2.05) is 30.3 Å². The van der Waals surface area contributed by atoms with E-state index < -0.39 is 0 Å². The first-order chi connectivity index (χ1) is 8.83. The van der Waals surface area contributed by atoms with E-state index in [9.17, 15) is 0 Å². The topological polar surface area (TPSA) is 30.8 Å². The standard InChI is InChI=1S/C14H15NO2S/c1-2-3-11-8-16-14(17-9-11)12-4-6-13(7-5-12)15-10-18/h2,4-7,11,14H,1,3,8-9H2. The van der Waals surface area contributed by atoms with Crippen LogP contribution in [-0.2, 0) is 9.47 Å². The van der Waals surface area contributed by atoms with Crippen LogP contribution in [0.2, 0.25) is 0 Å². The van der Waals surface area contributed by atoms with Crippen molar-refractivity contribution in [1.29, 1.82) is 0 Å². The quantitative estimate of drug-likeness (QED) is 0.471.